The molecule has 0 aromatic heterocycles. The van der Waals surface area contributed by atoms with E-state index in [0.717, 1.165) is 10.7 Å². The number of anilines is 1. The molecular weight excluding hydrogens is 358 g/mol. The van der Waals surface area contributed by atoms with Crippen molar-refractivity contribution in [1.29, 1.82) is 0 Å². The molecule has 0 heterocycles. The van der Waals surface area contributed by atoms with Crippen molar-refractivity contribution in [3.05, 3.63) is 28.7 Å². The van der Waals surface area contributed by atoms with Crippen LogP contribution in [0.5, 0.6) is 0 Å². The van der Waals surface area contributed by atoms with Crippen molar-refractivity contribution in [2.45, 2.75) is 19.4 Å². The Morgan fingerprint density at radius 2 is 2.00 bits per heavy atom. The molecule has 0 saturated carbocycles. The molecule has 0 fully saturated rings. The van der Waals surface area contributed by atoms with E-state index in [1.165, 1.54) is 0 Å². The third-order valence-electron chi connectivity index (χ3n) is 2.42. The molecule has 1 aromatic rings. The van der Waals surface area contributed by atoms with E-state index in [1.54, 1.807) is 26.0 Å². The zero-order valence-electron chi connectivity index (χ0n) is 12.2. The topological polar surface area (TPSA) is 87.3 Å². The summed E-state index contributed by atoms with van der Waals surface area (Å²) in [7, 11) is -3.28. The minimum atomic E-state index is -3.28. The maximum Gasteiger partial charge on any atom is 0.238 e. The van der Waals surface area contributed by atoms with E-state index in [0.29, 0.717) is 12.2 Å². The van der Waals surface area contributed by atoms with Crippen LogP contribution in [0.2, 0.25) is 0 Å². The Morgan fingerprint density at radius 1 is 1.33 bits per heavy atom. The van der Waals surface area contributed by atoms with Gasteiger partial charge < -0.3 is 10.6 Å². The molecule has 0 spiro atoms. The Hall–Kier alpha value is -0.960. The fraction of sp³-hybridized carbons (Fsp3) is 0.462. The molecule has 0 radical (unpaired) electrons. The van der Waals surface area contributed by atoms with Gasteiger partial charge in [-0.25, -0.2) is 13.1 Å². The number of carbonyl (C=O) groups excluding carboxylic acids is 1. The Bertz CT molecular complexity index is 602. The van der Waals surface area contributed by atoms with Crippen LogP contribution in [0.15, 0.2) is 28.7 Å². The highest BCUT2D eigenvalue weighted by Gasteiger charge is 2.21. The largest absolute Gasteiger partial charge is 0.325 e. The summed E-state index contributed by atoms with van der Waals surface area (Å²) in [5, 5.41) is 5.68. The van der Waals surface area contributed by atoms with Gasteiger partial charge in [-0.1, -0.05) is 22.0 Å². The number of amides is 1. The lowest BCUT2D eigenvalue weighted by molar-refractivity contribution is -0.115. The minimum absolute atomic E-state index is 0.0986. The highest BCUT2D eigenvalue weighted by Crippen LogP contribution is 2.15. The maximum absolute atomic E-state index is 11.8. The predicted octanol–water partition coefficient (Wildman–Crippen LogP) is 1.30. The molecule has 1 amide bonds. The highest BCUT2D eigenvalue weighted by atomic mass is 79.9. The van der Waals surface area contributed by atoms with Crippen molar-refractivity contribution in [2.75, 3.05) is 24.7 Å². The Balaban J connectivity index is 2.40. The first-order valence-corrected chi connectivity index (χ1v) is 9.01. The van der Waals surface area contributed by atoms with Crippen LogP contribution in [0, 0.1) is 0 Å². The molecule has 0 aliphatic heterocycles. The standard InChI is InChI=1S/C13H20BrN3O3S/c1-13(2,17-21(3,19)20)9-15-8-12(18)16-11-6-4-5-10(14)7-11/h4-7,15,17H,8-9H2,1-3H3,(H,16,18). The number of hydrogen-bond acceptors (Lipinski definition) is 4. The molecule has 0 bridgehead atoms. The zero-order valence-corrected chi connectivity index (χ0v) is 14.6. The smallest absolute Gasteiger partial charge is 0.238 e. The summed E-state index contributed by atoms with van der Waals surface area (Å²) in [6.07, 6.45) is 1.11. The number of hydrogen-bond donors (Lipinski definition) is 3. The number of benzene rings is 1. The summed E-state index contributed by atoms with van der Waals surface area (Å²) in [5.74, 6) is -0.191. The average molecular weight is 378 g/mol. The molecule has 8 heteroatoms. The van der Waals surface area contributed by atoms with Gasteiger partial charge in [-0.2, -0.15) is 0 Å². The zero-order chi connectivity index (χ0) is 16.1. The summed E-state index contributed by atoms with van der Waals surface area (Å²) >= 11 is 3.33. The molecule has 0 saturated heterocycles. The Kier molecular flexibility index (Phi) is 6.33. The van der Waals surface area contributed by atoms with Gasteiger partial charge in [0.15, 0.2) is 0 Å². The molecule has 0 aliphatic rings. The predicted molar refractivity (Wildman–Crippen MR) is 87.7 cm³/mol. The second-order valence-corrected chi connectivity index (χ2v) is 8.08. The summed E-state index contributed by atoms with van der Waals surface area (Å²) in [4.78, 5) is 11.8. The Morgan fingerprint density at radius 3 is 2.57 bits per heavy atom. The van der Waals surface area contributed by atoms with Gasteiger partial charge in [0.05, 0.1) is 12.8 Å². The van der Waals surface area contributed by atoms with Crippen molar-refractivity contribution in [2.24, 2.45) is 0 Å². The van der Waals surface area contributed by atoms with Crippen LogP contribution in [-0.4, -0.2) is 39.2 Å². The maximum atomic E-state index is 11.8. The fourth-order valence-electron chi connectivity index (χ4n) is 1.80. The van der Waals surface area contributed by atoms with E-state index >= 15 is 0 Å². The van der Waals surface area contributed by atoms with Gasteiger partial charge in [-0.15, -0.1) is 0 Å². The molecule has 1 aromatic carbocycles. The Labute approximate surface area is 133 Å². The molecule has 0 unspecified atom stereocenters. The fourth-order valence-corrected chi connectivity index (χ4v) is 3.27. The van der Waals surface area contributed by atoms with E-state index in [1.807, 2.05) is 12.1 Å². The molecule has 0 aliphatic carbocycles. The van der Waals surface area contributed by atoms with Crippen molar-refractivity contribution < 1.29 is 13.2 Å². The first-order valence-electron chi connectivity index (χ1n) is 6.32. The van der Waals surface area contributed by atoms with Crippen LogP contribution in [-0.2, 0) is 14.8 Å². The second-order valence-electron chi connectivity index (χ2n) is 5.42. The first kappa shape index (κ1) is 18.1. The van der Waals surface area contributed by atoms with Crippen LogP contribution >= 0.6 is 15.9 Å². The van der Waals surface area contributed by atoms with Crippen LogP contribution < -0.4 is 15.4 Å². The van der Waals surface area contributed by atoms with Crippen LogP contribution in [0.3, 0.4) is 0 Å². The third-order valence-corrected chi connectivity index (χ3v) is 3.84. The minimum Gasteiger partial charge on any atom is -0.325 e. The monoisotopic (exact) mass is 377 g/mol. The van der Waals surface area contributed by atoms with Gasteiger partial charge in [0, 0.05) is 22.2 Å². The summed E-state index contributed by atoms with van der Waals surface area (Å²) in [6.45, 7) is 3.92. The van der Waals surface area contributed by atoms with E-state index in [-0.39, 0.29) is 12.5 Å². The molecule has 0 atom stereocenters. The lowest BCUT2D eigenvalue weighted by atomic mass is 10.1. The van der Waals surface area contributed by atoms with Crippen LogP contribution in [0.1, 0.15) is 13.8 Å². The second kappa shape index (κ2) is 7.35. The molecule has 3 N–H and O–H groups in total. The van der Waals surface area contributed by atoms with Gasteiger partial charge in [-0.05, 0) is 32.0 Å². The van der Waals surface area contributed by atoms with Crippen molar-refractivity contribution in [3.63, 3.8) is 0 Å². The molecular formula is C13H20BrN3O3S. The third kappa shape index (κ3) is 8.15. The van der Waals surface area contributed by atoms with Crippen LogP contribution in [0.25, 0.3) is 0 Å². The van der Waals surface area contributed by atoms with Crippen molar-refractivity contribution >= 4 is 37.5 Å². The number of rotatable bonds is 7. The van der Waals surface area contributed by atoms with Gasteiger partial charge in [0.1, 0.15) is 0 Å². The molecule has 1 rings (SSSR count). The van der Waals surface area contributed by atoms with E-state index in [9.17, 15) is 13.2 Å². The van der Waals surface area contributed by atoms with Crippen LogP contribution in [0.4, 0.5) is 5.69 Å². The lowest BCUT2D eigenvalue weighted by Gasteiger charge is -2.25. The summed E-state index contributed by atoms with van der Waals surface area (Å²) in [5.41, 5.74) is 0.0357. The quantitative estimate of drug-likeness (QED) is 0.668. The van der Waals surface area contributed by atoms with Gasteiger partial charge >= 0.3 is 0 Å². The highest BCUT2D eigenvalue weighted by molar-refractivity contribution is 9.10. The SMILES string of the molecule is CC(C)(CNCC(=O)Nc1cccc(Br)c1)NS(C)(=O)=O. The van der Waals surface area contributed by atoms with Gasteiger partial charge in [0.2, 0.25) is 15.9 Å². The summed E-state index contributed by atoms with van der Waals surface area (Å²) in [6, 6.07) is 7.28. The number of nitrogens with one attached hydrogen (secondary N) is 3. The van der Waals surface area contributed by atoms with E-state index in [2.05, 4.69) is 31.3 Å². The van der Waals surface area contributed by atoms with Gasteiger partial charge in [0.25, 0.3) is 0 Å². The van der Waals surface area contributed by atoms with Gasteiger partial charge in [-0.3, -0.25) is 4.79 Å². The first-order chi connectivity index (χ1) is 9.57. The van der Waals surface area contributed by atoms with Crippen molar-refractivity contribution in [3.8, 4) is 0 Å². The summed E-state index contributed by atoms with van der Waals surface area (Å²) < 4.78 is 25.8. The molecule has 118 valence electrons. The number of carbonyl (C=O) groups is 1. The van der Waals surface area contributed by atoms with Crippen molar-refractivity contribution in [1.82, 2.24) is 10.0 Å². The lowest BCUT2D eigenvalue weighted by Crippen LogP contribution is -2.50. The molecule has 21 heavy (non-hydrogen) atoms. The average Bonchev–Trinajstić information content (AvgIpc) is 2.24. The molecule has 6 nitrogen and oxygen atoms in total. The number of halogens is 1. The van der Waals surface area contributed by atoms with E-state index < -0.39 is 15.6 Å². The normalized spacial score (nSPS) is 12.2. The van der Waals surface area contributed by atoms with E-state index in [4.69, 9.17) is 0 Å². The number of sulfonamides is 1.